The monoisotopic (exact) mass is 647 g/mol. The quantitative estimate of drug-likeness (QED) is 0.110. The van der Waals surface area contributed by atoms with Crippen molar-refractivity contribution in [3.63, 3.8) is 0 Å². The molecule has 4 aliphatic heterocycles. The fraction of sp³-hybridized carbons (Fsp3) is 0.958. The summed E-state index contributed by atoms with van der Waals surface area (Å²) in [6.07, 6.45) is -27.9. The highest BCUT2D eigenvalue weighted by Crippen LogP contribution is 2.31. The molecule has 44 heavy (non-hydrogen) atoms. The second kappa shape index (κ2) is 15.1. The van der Waals surface area contributed by atoms with Crippen LogP contribution in [0.5, 0.6) is 0 Å². The van der Waals surface area contributed by atoms with E-state index in [1.165, 1.54) is 0 Å². The number of carbonyl (C=O) groups excluding carboxylic acids is 1. The van der Waals surface area contributed by atoms with Gasteiger partial charge in [-0.3, -0.25) is 4.79 Å². The first kappa shape index (κ1) is 35.6. The smallest absolute Gasteiger partial charge is 0.217 e. The predicted octanol–water partition coefficient (Wildman–Crippen LogP) is -8.33. The van der Waals surface area contributed by atoms with Crippen LogP contribution in [0.2, 0.25) is 0 Å². The van der Waals surface area contributed by atoms with Gasteiger partial charge in [-0.1, -0.05) is 0 Å². The molecule has 4 saturated heterocycles. The van der Waals surface area contributed by atoms with Crippen molar-refractivity contribution in [3.8, 4) is 0 Å². The van der Waals surface area contributed by atoms with Gasteiger partial charge in [0.25, 0.3) is 0 Å². The van der Waals surface area contributed by atoms with E-state index in [2.05, 4.69) is 5.32 Å². The van der Waals surface area contributed by atoms with Gasteiger partial charge in [-0.15, -0.1) is 0 Å². The molecule has 4 fully saturated rings. The molecule has 4 aliphatic rings. The molecule has 0 aromatic carbocycles. The third-order valence-electron chi connectivity index (χ3n) is 7.80. The Kier molecular flexibility index (Phi) is 12.2. The number of aliphatic hydroxyl groups excluding tert-OH is 11. The third-order valence-corrected chi connectivity index (χ3v) is 7.80. The third kappa shape index (κ3) is 7.65. The second-order valence-electron chi connectivity index (χ2n) is 11.0. The molecule has 0 bridgehead atoms. The SMILES string of the molecule is CC(=O)N[C@@H]1[C@@H](O)[C@H](O[C@@H]2O[C@H](CO)[C@@H](O)[C@H](O)[C@H]2O)[C@@H](CO[C@@H]2OC[C@H](O)[C@H](O)[C@H]2O[C@@H]2OC[C@@H](O)[C@H](O)[C@H]2O)O[C@H]1O. The van der Waals surface area contributed by atoms with E-state index in [1.54, 1.807) is 0 Å². The zero-order valence-corrected chi connectivity index (χ0v) is 23.4. The number of ether oxygens (including phenoxy) is 7. The van der Waals surface area contributed by atoms with Crippen LogP contribution in [0.15, 0.2) is 0 Å². The summed E-state index contributed by atoms with van der Waals surface area (Å²) < 4.78 is 38.5. The summed E-state index contributed by atoms with van der Waals surface area (Å²) in [7, 11) is 0. The second-order valence-corrected chi connectivity index (χ2v) is 11.0. The first-order valence-electron chi connectivity index (χ1n) is 13.9. The zero-order valence-electron chi connectivity index (χ0n) is 23.4. The van der Waals surface area contributed by atoms with Gasteiger partial charge in [0.2, 0.25) is 5.91 Å². The normalized spacial score (nSPS) is 50.3. The van der Waals surface area contributed by atoms with Crippen molar-refractivity contribution in [1.29, 1.82) is 0 Å². The van der Waals surface area contributed by atoms with Gasteiger partial charge in [0.1, 0.15) is 85.4 Å². The Balaban J connectivity index is 1.51. The Hall–Kier alpha value is -1.25. The minimum absolute atomic E-state index is 0.432. The van der Waals surface area contributed by atoms with Gasteiger partial charge in [0.05, 0.1) is 26.4 Å². The lowest BCUT2D eigenvalue weighted by Crippen LogP contribution is -2.67. The average molecular weight is 648 g/mol. The molecule has 12 N–H and O–H groups in total. The van der Waals surface area contributed by atoms with Crippen molar-refractivity contribution in [2.75, 3.05) is 26.4 Å². The van der Waals surface area contributed by atoms with Crippen LogP contribution in [0.3, 0.4) is 0 Å². The van der Waals surface area contributed by atoms with Gasteiger partial charge in [0, 0.05) is 6.92 Å². The van der Waals surface area contributed by atoms with Crippen LogP contribution in [0.4, 0.5) is 0 Å². The van der Waals surface area contributed by atoms with Gasteiger partial charge in [-0.25, -0.2) is 0 Å². The Morgan fingerprint density at radius 1 is 0.682 bits per heavy atom. The van der Waals surface area contributed by atoms with Crippen molar-refractivity contribution >= 4 is 5.91 Å². The van der Waals surface area contributed by atoms with Crippen molar-refractivity contribution in [3.05, 3.63) is 0 Å². The topological polar surface area (TPSA) is 316 Å². The van der Waals surface area contributed by atoms with Crippen molar-refractivity contribution in [1.82, 2.24) is 5.32 Å². The van der Waals surface area contributed by atoms with E-state index < -0.39 is 143 Å². The number of hydrogen-bond donors (Lipinski definition) is 12. The average Bonchev–Trinajstić information content (AvgIpc) is 2.98. The van der Waals surface area contributed by atoms with Gasteiger partial charge in [-0.2, -0.15) is 0 Å². The summed E-state index contributed by atoms with van der Waals surface area (Å²) in [5, 5.41) is 115. The number of aliphatic hydroxyl groups is 11. The van der Waals surface area contributed by atoms with Crippen LogP contribution in [0.25, 0.3) is 0 Å². The highest BCUT2D eigenvalue weighted by Gasteiger charge is 2.52. The maximum atomic E-state index is 11.7. The number of amides is 1. The van der Waals surface area contributed by atoms with Gasteiger partial charge >= 0.3 is 0 Å². The lowest BCUT2D eigenvalue weighted by Gasteiger charge is -2.47. The molecule has 20 nitrogen and oxygen atoms in total. The molecule has 0 aromatic heterocycles. The lowest BCUT2D eigenvalue weighted by molar-refractivity contribution is -0.360. The first-order valence-corrected chi connectivity index (χ1v) is 13.9. The van der Waals surface area contributed by atoms with Gasteiger partial charge in [-0.05, 0) is 0 Å². The molecule has 4 rings (SSSR count). The van der Waals surface area contributed by atoms with E-state index in [9.17, 15) is 61.0 Å². The van der Waals surface area contributed by atoms with Gasteiger partial charge in [0.15, 0.2) is 25.2 Å². The molecule has 0 spiro atoms. The highest BCUT2D eigenvalue weighted by atomic mass is 16.8. The minimum Gasteiger partial charge on any atom is -0.394 e. The summed E-state index contributed by atoms with van der Waals surface area (Å²) in [6.45, 7) is -1.19. The van der Waals surface area contributed by atoms with Crippen LogP contribution in [0.1, 0.15) is 6.92 Å². The maximum absolute atomic E-state index is 11.7. The summed E-state index contributed by atoms with van der Waals surface area (Å²) in [6, 6.07) is -1.47. The standard InChI is InChI=1S/C24H41NO19/c1-6(27)25-11-15(33)19(43-23-18(36)16(34)14(32)9(2-26)42-23)10(41-21(11)37)5-40-24-20(13(31)8(29)4-39-24)44-22-17(35)12(30)7(28)3-38-22/h7-24,26,28-37H,2-5H2,1H3,(H,25,27)/t7-,8+,9-,10-,11-,12+,13+,14-,15-,16+,17-,18-,19-,20-,21-,22+,23+,24+/m1/s1. The van der Waals surface area contributed by atoms with E-state index in [-0.39, 0.29) is 0 Å². The van der Waals surface area contributed by atoms with E-state index in [1.807, 2.05) is 0 Å². The molecule has 0 saturated carbocycles. The largest absolute Gasteiger partial charge is 0.394 e. The summed E-state index contributed by atoms with van der Waals surface area (Å²) >= 11 is 0. The Labute approximate surface area is 249 Å². The number of hydrogen-bond acceptors (Lipinski definition) is 19. The number of rotatable bonds is 9. The van der Waals surface area contributed by atoms with Crippen LogP contribution >= 0.6 is 0 Å². The molecular weight excluding hydrogens is 606 g/mol. The fourth-order valence-corrected chi connectivity index (χ4v) is 5.26. The molecule has 4 heterocycles. The van der Waals surface area contributed by atoms with Crippen LogP contribution < -0.4 is 5.32 Å². The molecule has 1 amide bonds. The van der Waals surface area contributed by atoms with Crippen LogP contribution in [-0.4, -0.2) is 199 Å². The van der Waals surface area contributed by atoms with E-state index >= 15 is 0 Å². The Morgan fingerprint density at radius 2 is 1.27 bits per heavy atom. The molecule has 0 aromatic rings. The Bertz CT molecular complexity index is 932. The molecule has 0 unspecified atom stereocenters. The van der Waals surface area contributed by atoms with Crippen LogP contribution in [-0.2, 0) is 38.0 Å². The molecule has 20 heteroatoms. The predicted molar refractivity (Wildman–Crippen MR) is 133 cm³/mol. The highest BCUT2D eigenvalue weighted by molar-refractivity contribution is 5.73. The number of nitrogens with one attached hydrogen (secondary N) is 1. The summed E-state index contributed by atoms with van der Waals surface area (Å²) in [5.41, 5.74) is 0. The van der Waals surface area contributed by atoms with E-state index in [4.69, 9.17) is 33.2 Å². The van der Waals surface area contributed by atoms with Crippen molar-refractivity contribution in [2.24, 2.45) is 0 Å². The van der Waals surface area contributed by atoms with Gasteiger partial charge < -0.3 is 94.6 Å². The molecule has 256 valence electrons. The lowest BCUT2D eigenvalue weighted by atomic mass is 9.95. The van der Waals surface area contributed by atoms with E-state index in [0.717, 1.165) is 6.92 Å². The van der Waals surface area contributed by atoms with Crippen molar-refractivity contribution < 1.29 is 94.1 Å². The maximum Gasteiger partial charge on any atom is 0.217 e. The summed E-state index contributed by atoms with van der Waals surface area (Å²) in [4.78, 5) is 11.7. The zero-order chi connectivity index (χ0) is 32.5. The molecule has 0 aliphatic carbocycles. The molecular formula is C24H41NO19. The molecule has 0 radical (unpaired) electrons. The molecule has 18 atom stereocenters. The van der Waals surface area contributed by atoms with Crippen LogP contribution in [0, 0.1) is 0 Å². The Morgan fingerprint density at radius 3 is 1.91 bits per heavy atom. The summed E-state index contributed by atoms with van der Waals surface area (Å²) in [5.74, 6) is -0.661. The fourth-order valence-electron chi connectivity index (χ4n) is 5.26. The van der Waals surface area contributed by atoms with E-state index in [0.29, 0.717) is 0 Å². The van der Waals surface area contributed by atoms with Crippen molar-refractivity contribution in [2.45, 2.75) is 117 Å². The minimum atomic E-state index is -1.89. The first-order chi connectivity index (χ1) is 20.7. The number of carbonyl (C=O) groups is 1.